The second-order valence-corrected chi connectivity index (χ2v) is 11.7. The van der Waals surface area contributed by atoms with E-state index in [1.165, 1.54) is 8.61 Å². The minimum Gasteiger partial charge on any atom is -0.337 e. The Bertz CT molecular complexity index is 1120. The molecule has 9 nitrogen and oxygen atoms in total. The highest BCUT2D eigenvalue weighted by Gasteiger charge is 2.30. The number of sulfonamides is 2. The fraction of sp³-hybridized carbons (Fsp3) is 0.381. The molecule has 0 fully saturated rings. The smallest absolute Gasteiger partial charge is 0.314 e. The summed E-state index contributed by atoms with van der Waals surface area (Å²) in [5.41, 5.74) is 3.35. The van der Waals surface area contributed by atoms with Gasteiger partial charge in [0.25, 0.3) is 0 Å². The van der Waals surface area contributed by atoms with Crippen molar-refractivity contribution in [3.05, 3.63) is 59.7 Å². The van der Waals surface area contributed by atoms with E-state index in [0.717, 1.165) is 11.1 Å². The zero-order valence-electron chi connectivity index (χ0n) is 17.5. The molecule has 11 heteroatoms. The number of benzene rings is 2. The van der Waals surface area contributed by atoms with Crippen molar-refractivity contribution in [3.63, 3.8) is 0 Å². The molecule has 0 radical (unpaired) electrons. The first-order valence-electron chi connectivity index (χ1n) is 10.5. The van der Waals surface area contributed by atoms with Gasteiger partial charge in [0.05, 0.1) is 22.9 Å². The highest BCUT2D eigenvalue weighted by Crippen LogP contribution is 2.30. The van der Waals surface area contributed by atoms with Gasteiger partial charge in [-0.05, 0) is 36.1 Å². The fourth-order valence-corrected chi connectivity index (χ4v) is 6.92. The number of urea groups is 1. The third kappa shape index (κ3) is 4.68. The Balaban J connectivity index is 1.22. The summed E-state index contributed by atoms with van der Waals surface area (Å²) in [6.45, 7) is 0.648. The Morgan fingerprint density at radius 2 is 1.12 bits per heavy atom. The summed E-state index contributed by atoms with van der Waals surface area (Å²) in [6, 6.07) is 14.1. The predicted molar refractivity (Wildman–Crippen MR) is 124 cm³/mol. The van der Waals surface area contributed by atoms with E-state index in [1.807, 2.05) is 24.3 Å². The monoisotopic (exact) mass is 478 g/mol. The van der Waals surface area contributed by atoms with Crippen LogP contribution < -0.4 is 19.2 Å². The first-order valence-corrected chi connectivity index (χ1v) is 13.7. The van der Waals surface area contributed by atoms with Crippen molar-refractivity contribution in [2.75, 3.05) is 46.3 Å². The van der Waals surface area contributed by atoms with E-state index in [9.17, 15) is 21.6 Å². The van der Waals surface area contributed by atoms with Crippen LogP contribution in [-0.2, 0) is 32.9 Å². The van der Waals surface area contributed by atoms with Crippen LogP contribution in [0.15, 0.2) is 48.5 Å². The number of amides is 2. The van der Waals surface area contributed by atoms with Crippen molar-refractivity contribution in [1.29, 1.82) is 0 Å². The summed E-state index contributed by atoms with van der Waals surface area (Å²) in [5.74, 6) is -0.477. The van der Waals surface area contributed by atoms with Crippen LogP contribution in [0.5, 0.6) is 0 Å². The molecule has 2 heterocycles. The van der Waals surface area contributed by atoms with Crippen molar-refractivity contribution in [1.82, 2.24) is 10.6 Å². The number of nitrogens with one attached hydrogen (secondary N) is 2. The first kappa shape index (κ1) is 22.4. The van der Waals surface area contributed by atoms with Gasteiger partial charge in [0.1, 0.15) is 0 Å². The van der Waals surface area contributed by atoms with Gasteiger partial charge in [-0.15, -0.1) is 0 Å². The Morgan fingerprint density at radius 3 is 1.56 bits per heavy atom. The minimum atomic E-state index is -3.56. The fourth-order valence-electron chi connectivity index (χ4n) is 4.06. The SMILES string of the molecule is O=C(NCCS(=O)(=O)N1CCc2ccccc21)NCCS(=O)(=O)N1CCc2ccccc21. The highest BCUT2D eigenvalue weighted by atomic mass is 32.2. The Kier molecular flexibility index (Phi) is 6.29. The van der Waals surface area contributed by atoms with E-state index in [2.05, 4.69) is 10.6 Å². The van der Waals surface area contributed by atoms with Crippen LogP contribution in [0.1, 0.15) is 11.1 Å². The molecule has 32 heavy (non-hydrogen) atoms. The lowest BCUT2D eigenvalue weighted by Gasteiger charge is -2.20. The summed E-state index contributed by atoms with van der Waals surface area (Å²) in [7, 11) is -7.13. The second-order valence-electron chi connectivity index (χ2n) is 7.72. The lowest BCUT2D eigenvalue weighted by Crippen LogP contribution is -2.43. The largest absolute Gasteiger partial charge is 0.337 e. The topological polar surface area (TPSA) is 116 Å². The molecule has 2 aromatic rings. The van der Waals surface area contributed by atoms with Crippen molar-refractivity contribution < 1.29 is 21.6 Å². The molecule has 0 unspecified atom stereocenters. The highest BCUT2D eigenvalue weighted by molar-refractivity contribution is 7.93. The summed E-state index contributed by atoms with van der Waals surface area (Å²) >= 11 is 0. The van der Waals surface area contributed by atoms with E-state index < -0.39 is 26.1 Å². The average molecular weight is 479 g/mol. The summed E-state index contributed by atoms with van der Waals surface area (Å²) in [5, 5.41) is 4.99. The maximum atomic E-state index is 12.6. The molecule has 0 saturated carbocycles. The van der Waals surface area contributed by atoms with Crippen LogP contribution in [0, 0.1) is 0 Å². The van der Waals surface area contributed by atoms with Gasteiger partial charge in [0.15, 0.2) is 0 Å². The molecule has 0 aromatic heterocycles. The molecule has 0 aliphatic carbocycles. The number of fused-ring (bicyclic) bond motifs is 2. The van der Waals surface area contributed by atoms with Crippen molar-refractivity contribution in [2.24, 2.45) is 0 Å². The number of anilines is 2. The quantitative estimate of drug-likeness (QED) is 0.589. The van der Waals surface area contributed by atoms with E-state index in [-0.39, 0.29) is 24.6 Å². The van der Waals surface area contributed by atoms with Crippen molar-refractivity contribution >= 4 is 37.5 Å². The third-order valence-electron chi connectivity index (χ3n) is 5.65. The molecule has 2 N–H and O–H groups in total. The van der Waals surface area contributed by atoms with E-state index in [0.29, 0.717) is 37.3 Å². The van der Waals surface area contributed by atoms with Gasteiger partial charge < -0.3 is 10.6 Å². The van der Waals surface area contributed by atoms with Gasteiger partial charge in [-0.1, -0.05) is 36.4 Å². The van der Waals surface area contributed by atoms with E-state index in [1.54, 1.807) is 24.3 Å². The van der Waals surface area contributed by atoms with Crippen LogP contribution in [0.25, 0.3) is 0 Å². The molecule has 0 spiro atoms. The van der Waals surface area contributed by atoms with Gasteiger partial charge in [0.2, 0.25) is 20.0 Å². The average Bonchev–Trinajstić information content (AvgIpc) is 3.38. The van der Waals surface area contributed by atoms with Crippen LogP contribution >= 0.6 is 0 Å². The summed E-state index contributed by atoms with van der Waals surface area (Å²) in [4.78, 5) is 12.0. The number of rotatable bonds is 8. The number of carbonyl (C=O) groups is 1. The Hall–Kier alpha value is -2.79. The maximum Gasteiger partial charge on any atom is 0.314 e. The van der Waals surface area contributed by atoms with Crippen molar-refractivity contribution in [3.8, 4) is 0 Å². The Morgan fingerprint density at radius 1 is 0.719 bits per heavy atom. The maximum absolute atomic E-state index is 12.6. The lowest BCUT2D eigenvalue weighted by molar-refractivity contribution is 0.242. The molecule has 0 saturated heterocycles. The summed E-state index contributed by atoms with van der Waals surface area (Å²) in [6.07, 6.45) is 1.33. The molecular formula is C21H26N4O5S2. The standard InChI is InChI=1S/C21H26N4O5S2/c26-21(22-11-15-31(27,28)24-13-9-17-5-1-3-7-19(17)24)23-12-16-32(29,30)25-14-10-18-6-2-4-8-20(18)25/h1-8H,9-16H2,(H2,22,23,26). The molecular weight excluding hydrogens is 452 g/mol. The lowest BCUT2D eigenvalue weighted by atomic mass is 10.2. The number of nitrogens with zero attached hydrogens (tertiary/aromatic N) is 2. The van der Waals surface area contributed by atoms with Gasteiger partial charge in [-0.2, -0.15) is 0 Å². The second kappa shape index (κ2) is 8.99. The number of hydrogen-bond donors (Lipinski definition) is 2. The molecule has 0 bridgehead atoms. The van der Waals surface area contributed by atoms with Crippen LogP contribution in [0.3, 0.4) is 0 Å². The molecule has 4 rings (SSSR count). The minimum absolute atomic E-state index is 0.0704. The number of carbonyl (C=O) groups excluding carboxylic acids is 1. The number of hydrogen-bond acceptors (Lipinski definition) is 5. The van der Waals surface area contributed by atoms with Crippen molar-refractivity contribution in [2.45, 2.75) is 12.8 Å². The van der Waals surface area contributed by atoms with E-state index >= 15 is 0 Å². The summed E-state index contributed by atoms with van der Waals surface area (Å²) < 4.78 is 53.3. The third-order valence-corrected chi connectivity index (χ3v) is 9.19. The van der Waals surface area contributed by atoms with Gasteiger partial charge in [-0.25, -0.2) is 21.6 Å². The molecule has 2 aliphatic heterocycles. The molecule has 2 aromatic carbocycles. The predicted octanol–water partition coefficient (Wildman–Crippen LogP) is 1.07. The molecule has 2 amide bonds. The van der Waals surface area contributed by atoms with Gasteiger partial charge in [-0.3, -0.25) is 8.61 Å². The van der Waals surface area contributed by atoms with Gasteiger partial charge in [0, 0.05) is 26.2 Å². The van der Waals surface area contributed by atoms with Crippen LogP contribution in [-0.4, -0.2) is 60.6 Å². The zero-order chi connectivity index (χ0) is 22.8. The normalized spacial score (nSPS) is 15.4. The first-order chi connectivity index (χ1) is 15.3. The number of para-hydroxylation sites is 2. The van der Waals surface area contributed by atoms with Gasteiger partial charge >= 0.3 is 6.03 Å². The Labute approximate surface area is 188 Å². The zero-order valence-corrected chi connectivity index (χ0v) is 19.2. The molecule has 172 valence electrons. The molecule has 2 aliphatic rings. The van der Waals surface area contributed by atoms with E-state index in [4.69, 9.17) is 0 Å². The van der Waals surface area contributed by atoms with Crippen LogP contribution in [0.4, 0.5) is 16.2 Å². The van der Waals surface area contributed by atoms with Crippen LogP contribution in [0.2, 0.25) is 0 Å². The molecule has 0 atom stereocenters.